The van der Waals surface area contributed by atoms with Crippen LogP contribution in [0.5, 0.6) is 0 Å². The van der Waals surface area contributed by atoms with Crippen LogP contribution in [-0.4, -0.2) is 45.4 Å². The summed E-state index contributed by atoms with van der Waals surface area (Å²) in [6, 6.07) is 0. The lowest BCUT2D eigenvalue weighted by Crippen LogP contribution is -2.51. The fraction of sp³-hybridized carbons (Fsp3) is 0.778. The first kappa shape index (κ1) is 24.5. The number of aliphatic hydroxyl groups is 1. The molecule has 192 valence electrons. The van der Waals surface area contributed by atoms with E-state index >= 15 is 0 Å². The molecule has 0 aromatic carbocycles. The predicted molar refractivity (Wildman–Crippen MR) is 127 cm³/mol. The minimum atomic E-state index is -1.44. The summed E-state index contributed by atoms with van der Waals surface area (Å²) >= 11 is 0. The lowest BCUT2D eigenvalue weighted by Gasteiger charge is -2.57. The Kier molecular flexibility index (Phi) is 5.89. The molecule has 1 N–H and O–H groups in total. The van der Waals surface area contributed by atoms with E-state index in [1.165, 1.54) is 25.8 Å². The molecule has 2 amide bonds. The Bertz CT molecular complexity index is 986. The number of fused-ring (bicyclic) bond motifs is 5. The highest BCUT2D eigenvalue weighted by Crippen LogP contribution is 2.65. The molecule has 5 rings (SSSR count). The van der Waals surface area contributed by atoms with Crippen LogP contribution in [0.4, 0.5) is 0 Å². The fourth-order valence-corrected chi connectivity index (χ4v) is 7.68. The Morgan fingerprint density at radius 2 is 1.74 bits per heavy atom. The van der Waals surface area contributed by atoms with Gasteiger partial charge in [0.2, 0.25) is 5.60 Å². The number of carbonyl (C=O) groups is 3. The van der Waals surface area contributed by atoms with Crippen LogP contribution < -0.4 is 0 Å². The van der Waals surface area contributed by atoms with E-state index in [1.807, 2.05) is 0 Å². The molecule has 6 atom stereocenters. The molecule has 4 aliphatic carbocycles. The van der Waals surface area contributed by atoms with Gasteiger partial charge in [-0.25, -0.2) is 4.79 Å². The maximum atomic E-state index is 12.6. The van der Waals surface area contributed by atoms with E-state index < -0.39 is 23.4 Å². The van der Waals surface area contributed by atoms with E-state index in [9.17, 15) is 19.5 Å². The van der Waals surface area contributed by atoms with Gasteiger partial charge >= 0.3 is 5.97 Å². The SMILES string of the molecule is CC(C)(O/N=C1/C=C2CCC3C(CCC4(C)C(O)CCC34)C2(C)CC1)C(=O)ON1C(=O)CCC1=O. The molecule has 1 saturated heterocycles. The maximum Gasteiger partial charge on any atom is 0.378 e. The van der Waals surface area contributed by atoms with Crippen LogP contribution in [0.1, 0.15) is 91.9 Å². The van der Waals surface area contributed by atoms with Gasteiger partial charge in [0.25, 0.3) is 11.8 Å². The van der Waals surface area contributed by atoms with Gasteiger partial charge in [-0.3, -0.25) is 9.59 Å². The standard InChI is InChI=1S/C27H38N2O6/c1-25(2,24(33)34-29-22(31)9-10-23(29)32)35-28-17-11-13-26(3)16(15-17)5-6-18-19-7-8-21(30)27(19,4)14-12-20(18)26/h15,18-21,30H,5-14H2,1-4H3/b28-17+. The van der Waals surface area contributed by atoms with Crippen molar-refractivity contribution in [3.63, 3.8) is 0 Å². The van der Waals surface area contributed by atoms with E-state index in [1.54, 1.807) is 0 Å². The summed E-state index contributed by atoms with van der Waals surface area (Å²) in [4.78, 5) is 46.7. The van der Waals surface area contributed by atoms with E-state index in [2.05, 4.69) is 25.1 Å². The number of carbonyl (C=O) groups excluding carboxylic acids is 3. The summed E-state index contributed by atoms with van der Waals surface area (Å²) in [6.45, 7) is 7.76. The number of rotatable bonds is 4. The molecule has 5 aliphatic rings. The van der Waals surface area contributed by atoms with Gasteiger partial charge in [0, 0.05) is 12.8 Å². The van der Waals surface area contributed by atoms with Crippen molar-refractivity contribution in [3.05, 3.63) is 11.6 Å². The zero-order valence-electron chi connectivity index (χ0n) is 21.3. The third-order valence-corrected chi connectivity index (χ3v) is 9.99. The molecule has 0 aromatic heterocycles. The number of imide groups is 1. The first-order valence-electron chi connectivity index (χ1n) is 13.2. The van der Waals surface area contributed by atoms with Crippen molar-refractivity contribution >= 4 is 23.5 Å². The molecule has 8 heteroatoms. The van der Waals surface area contributed by atoms with Crippen LogP contribution in [0.25, 0.3) is 0 Å². The molecule has 4 fully saturated rings. The molecule has 3 saturated carbocycles. The van der Waals surface area contributed by atoms with Crippen LogP contribution in [0.2, 0.25) is 0 Å². The number of hydrogen-bond donors (Lipinski definition) is 1. The number of nitrogens with zero attached hydrogens (tertiary/aromatic N) is 2. The van der Waals surface area contributed by atoms with E-state index in [4.69, 9.17) is 9.68 Å². The Hall–Kier alpha value is -2.22. The van der Waals surface area contributed by atoms with Gasteiger partial charge in [0.05, 0.1) is 11.8 Å². The van der Waals surface area contributed by atoms with Crippen LogP contribution in [0.15, 0.2) is 16.8 Å². The highest BCUT2D eigenvalue weighted by atomic mass is 16.7. The van der Waals surface area contributed by atoms with Crippen LogP contribution in [0, 0.1) is 28.6 Å². The van der Waals surface area contributed by atoms with Crippen molar-refractivity contribution in [3.8, 4) is 0 Å². The normalized spacial score (nSPS) is 40.2. The number of hydrogen-bond acceptors (Lipinski definition) is 7. The average Bonchev–Trinajstić information content (AvgIpc) is 3.30. The van der Waals surface area contributed by atoms with Crippen molar-refractivity contribution < 1.29 is 29.2 Å². The highest BCUT2D eigenvalue weighted by molar-refractivity contribution is 6.02. The summed E-state index contributed by atoms with van der Waals surface area (Å²) in [5.41, 5.74) is 1.01. The molecule has 1 heterocycles. The van der Waals surface area contributed by atoms with Crippen molar-refractivity contribution in [2.75, 3.05) is 0 Å². The summed E-state index contributed by atoms with van der Waals surface area (Å²) in [7, 11) is 0. The van der Waals surface area contributed by atoms with Gasteiger partial charge in [0.15, 0.2) is 0 Å². The third-order valence-electron chi connectivity index (χ3n) is 9.99. The van der Waals surface area contributed by atoms with Crippen molar-refractivity contribution in [1.29, 1.82) is 0 Å². The largest absolute Gasteiger partial charge is 0.393 e. The predicted octanol–water partition coefficient (Wildman–Crippen LogP) is 4.07. The zero-order valence-corrected chi connectivity index (χ0v) is 21.3. The van der Waals surface area contributed by atoms with Crippen molar-refractivity contribution in [2.24, 2.45) is 33.7 Å². The molecule has 1 aliphatic heterocycles. The Morgan fingerprint density at radius 3 is 2.46 bits per heavy atom. The Labute approximate surface area is 207 Å². The summed E-state index contributed by atoms with van der Waals surface area (Å²) in [5, 5.41) is 15.5. The summed E-state index contributed by atoms with van der Waals surface area (Å²) < 4.78 is 0. The molecule has 0 radical (unpaired) electrons. The molecule has 6 unspecified atom stereocenters. The van der Waals surface area contributed by atoms with E-state index in [0.717, 1.165) is 50.7 Å². The molecule has 35 heavy (non-hydrogen) atoms. The molecular weight excluding hydrogens is 448 g/mol. The molecule has 0 spiro atoms. The Balaban J connectivity index is 1.27. The van der Waals surface area contributed by atoms with E-state index in [-0.39, 0.29) is 29.8 Å². The minimum Gasteiger partial charge on any atom is -0.393 e. The van der Waals surface area contributed by atoms with Gasteiger partial charge in [-0.2, -0.15) is 0 Å². The molecule has 0 bridgehead atoms. The van der Waals surface area contributed by atoms with Crippen LogP contribution in [-0.2, 0) is 24.1 Å². The fourth-order valence-electron chi connectivity index (χ4n) is 7.68. The smallest absolute Gasteiger partial charge is 0.378 e. The second kappa shape index (κ2) is 8.43. The van der Waals surface area contributed by atoms with Gasteiger partial charge in [0.1, 0.15) is 0 Å². The number of allylic oxidation sites excluding steroid dienone is 2. The van der Waals surface area contributed by atoms with Crippen LogP contribution >= 0.6 is 0 Å². The third kappa shape index (κ3) is 3.92. The quantitative estimate of drug-likeness (QED) is 0.474. The van der Waals surface area contributed by atoms with Gasteiger partial charge < -0.3 is 14.8 Å². The minimum absolute atomic E-state index is 0.0461. The van der Waals surface area contributed by atoms with Crippen molar-refractivity contribution in [1.82, 2.24) is 5.06 Å². The summed E-state index contributed by atoms with van der Waals surface area (Å²) in [6.07, 6.45) is 10.4. The first-order chi connectivity index (χ1) is 16.5. The average molecular weight is 487 g/mol. The van der Waals surface area contributed by atoms with Gasteiger partial charge in [-0.05, 0) is 99.9 Å². The molecule has 0 aromatic rings. The lowest BCUT2D eigenvalue weighted by molar-refractivity contribution is -0.212. The van der Waals surface area contributed by atoms with Crippen LogP contribution in [0.3, 0.4) is 0 Å². The monoisotopic (exact) mass is 486 g/mol. The lowest BCUT2D eigenvalue weighted by atomic mass is 9.47. The molecular formula is C27H38N2O6. The van der Waals surface area contributed by atoms with Gasteiger partial charge in [-0.15, -0.1) is 5.06 Å². The second-order valence-electron chi connectivity index (χ2n) is 12.3. The second-order valence-corrected chi connectivity index (χ2v) is 12.3. The highest BCUT2D eigenvalue weighted by Gasteiger charge is 2.58. The number of aliphatic hydroxyl groups excluding tert-OH is 1. The van der Waals surface area contributed by atoms with Gasteiger partial charge in [-0.1, -0.05) is 24.6 Å². The topological polar surface area (TPSA) is 106 Å². The Morgan fingerprint density at radius 1 is 1.03 bits per heavy atom. The zero-order chi connectivity index (χ0) is 25.2. The molecule has 8 nitrogen and oxygen atoms in total. The number of hydroxylamine groups is 2. The number of oxime groups is 1. The summed E-state index contributed by atoms with van der Waals surface area (Å²) in [5.74, 6) is 0.0558. The first-order valence-corrected chi connectivity index (χ1v) is 13.2. The van der Waals surface area contributed by atoms with E-state index in [0.29, 0.717) is 22.8 Å². The van der Waals surface area contributed by atoms with Crippen molar-refractivity contribution in [2.45, 2.75) is 104 Å². The maximum absolute atomic E-state index is 12.6. The number of amides is 2.